The number of carbonyl (C=O) groups excluding carboxylic acids is 1. The minimum absolute atomic E-state index is 0.105. The van der Waals surface area contributed by atoms with E-state index in [1.807, 2.05) is 19.1 Å². The predicted octanol–water partition coefficient (Wildman–Crippen LogP) is 1.71. The summed E-state index contributed by atoms with van der Waals surface area (Å²) in [6.45, 7) is 4.20. The molecule has 0 fully saturated rings. The molecule has 1 unspecified atom stereocenters. The largest absolute Gasteiger partial charge is 0.494 e. The lowest BCUT2D eigenvalue weighted by Crippen LogP contribution is -2.19. The topological polar surface area (TPSA) is 52.3 Å². The highest BCUT2D eigenvalue weighted by atomic mass is 16.5. The number of ketones is 1. The van der Waals surface area contributed by atoms with Gasteiger partial charge in [0.2, 0.25) is 0 Å². The van der Waals surface area contributed by atoms with Crippen molar-refractivity contribution in [2.45, 2.75) is 32.7 Å². The van der Waals surface area contributed by atoms with E-state index in [4.69, 9.17) is 10.5 Å². The summed E-state index contributed by atoms with van der Waals surface area (Å²) in [5.41, 5.74) is 8.97. The van der Waals surface area contributed by atoms with Crippen LogP contribution in [-0.4, -0.2) is 18.4 Å². The fourth-order valence-electron chi connectivity index (χ4n) is 2.35. The highest BCUT2D eigenvalue weighted by Crippen LogP contribution is 2.33. The van der Waals surface area contributed by atoms with Crippen LogP contribution in [0, 0.1) is 0 Å². The maximum Gasteiger partial charge on any atom is 0.160 e. The molecule has 0 heterocycles. The van der Waals surface area contributed by atoms with Crippen LogP contribution >= 0.6 is 0 Å². The molecule has 3 nitrogen and oxygen atoms in total. The Labute approximate surface area is 95.6 Å². The lowest BCUT2D eigenvalue weighted by molar-refractivity contribution is 0.101. The first-order valence-corrected chi connectivity index (χ1v) is 5.67. The number of fused-ring (bicyclic) bond motifs is 1. The van der Waals surface area contributed by atoms with E-state index in [0.717, 1.165) is 35.3 Å². The Morgan fingerprint density at radius 1 is 1.44 bits per heavy atom. The van der Waals surface area contributed by atoms with Crippen molar-refractivity contribution in [2.24, 2.45) is 5.73 Å². The number of carbonyl (C=O) groups is 1. The molecule has 2 rings (SSSR count). The molecule has 1 aromatic rings. The van der Waals surface area contributed by atoms with Gasteiger partial charge in [0.1, 0.15) is 5.75 Å². The smallest absolute Gasteiger partial charge is 0.160 e. The summed E-state index contributed by atoms with van der Waals surface area (Å²) in [7, 11) is 0. The van der Waals surface area contributed by atoms with E-state index in [0.29, 0.717) is 6.61 Å². The molecule has 1 atom stereocenters. The quantitative estimate of drug-likeness (QED) is 0.787. The summed E-state index contributed by atoms with van der Waals surface area (Å²) < 4.78 is 5.56. The molecule has 3 heteroatoms. The Balaban J connectivity index is 2.49. The van der Waals surface area contributed by atoms with Crippen molar-refractivity contribution >= 4 is 5.78 Å². The van der Waals surface area contributed by atoms with Gasteiger partial charge in [-0.2, -0.15) is 0 Å². The molecule has 0 saturated carbocycles. The second-order valence-corrected chi connectivity index (χ2v) is 4.23. The number of nitrogens with two attached hydrogens (primary N) is 1. The summed E-state index contributed by atoms with van der Waals surface area (Å²) in [5.74, 6) is 0.990. The molecule has 1 aliphatic carbocycles. The zero-order valence-electron chi connectivity index (χ0n) is 9.75. The van der Waals surface area contributed by atoms with Gasteiger partial charge in [-0.25, -0.2) is 0 Å². The summed E-state index contributed by atoms with van der Waals surface area (Å²) >= 11 is 0. The minimum atomic E-state index is 0.105. The molecule has 0 saturated heterocycles. The van der Waals surface area contributed by atoms with Gasteiger partial charge < -0.3 is 10.5 Å². The summed E-state index contributed by atoms with van der Waals surface area (Å²) in [6.07, 6.45) is 1.59. The first-order chi connectivity index (χ1) is 7.63. The van der Waals surface area contributed by atoms with Gasteiger partial charge in [0.25, 0.3) is 0 Å². The number of Topliss-reactive ketones (excluding diaryl/α,β-unsaturated/α-hetero) is 1. The Morgan fingerprint density at radius 3 is 2.75 bits per heavy atom. The van der Waals surface area contributed by atoms with E-state index in [1.165, 1.54) is 0 Å². The van der Waals surface area contributed by atoms with Gasteiger partial charge in [-0.15, -0.1) is 0 Å². The zero-order valence-corrected chi connectivity index (χ0v) is 9.75. The van der Waals surface area contributed by atoms with Gasteiger partial charge in [-0.05, 0) is 49.9 Å². The van der Waals surface area contributed by atoms with Gasteiger partial charge in [0.05, 0.1) is 6.61 Å². The molecule has 0 aliphatic heterocycles. The second-order valence-electron chi connectivity index (χ2n) is 4.23. The third-order valence-electron chi connectivity index (χ3n) is 3.00. The monoisotopic (exact) mass is 219 g/mol. The van der Waals surface area contributed by atoms with E-state index in [2.05, 4.69) is 0 Å². The minimum Gasteiger partial charge on any atom is -0.494 e. The number of hydrogen-bond donors (Lipinski definition) is 1. The van der Waals surface area contributed by atoms with Crippen LogP contribution in [0.4, 0.5) is 0 Å². The van der Waals surface area contributed by atoms with E-state index < -0.39 is 0 Å². The molecule has 1 aromatic carbocycles. The second kappa shape index (κ2) is 4.26. The standard InChI is InChI=1S/C13H17NO2/c1-3-16-13-5-4-10(8(2)15)11-6-9(14)7-12(11)13/h4-5,9H,3,6-7,14H2,1-2H3. The van der Waals surface area contributed by atoms with Crippen LogP contribution in [0.3, 0.4) is 0 Å². The molecule has 16 heavy (non-hydrogen) atoms. The van der Waals surface area contributed by atoms with Crippen molar-refractivity contribution in [1.29, 1.82) is 0 Å². The SMILES string of the molecule is CCOc1ccc(C(C)=O)c2c1CC(N)C2. The first-order valence-electron chi connectivity index (χ1n) is 5.67. The van der Waals surface area contributed by atoms with Crippen LogP contribution < -0.4 is 10.5 Å². The fraction of sp³-hybridized carbons (Fsp3) is 0.462. The Hall–Kier alpha value is -1.35. The van der Waals surface area contributed by atoms with Crippen molar-refractivity contribution in [3.8, 4) is 5.75 Å². The summed E-state index contributed by atoms with van der Waals surface area (Å²) in [4.78, 5) is 11.5. The molecule has 0 spiro atoms. The van der Waals surface area contributed by atoms with Crippen LogP contribution in [0.2, 0.25) is 0 Å². The number of ether oxygens (including phenoxy) is 1. The molecule has 0 radical (unpaired) electrons. The van der Waals surface area contributed by atoms with E-state index in [-0.39, 0.29) is 11.8 Å². The lowest BCUT2D eigenvalue weighted by atomic mass is 10.00. The van der Waals surface area contributed by atoms with Crippen molar-refractivity contribution < 1.29 is 9.53 Å². The van der Waals surface area contributed by atoms with Crippen LogP contribution in [0.25, 0.3) is 0 Å². The van der Waals surface area contributed by atoms with Crippen molar-refractivity contribution in [3.63, 3.8) is 0 Å². The average Bonchev–Trinajstić information content (AvgIpc) is 2.59. The maximum absolute atomic E-state index is 11.5. The van der Waals surface area contributed by atoms with Crippen LogP contribution in [0.1, 0.15) is 35.3 Å². The van der Waals surface area contributed by atoms with Crippen LogP contribution in [0.5, 0.6) is 5.75 Å². The van der Waals surface area contributed by atoms with Crippen LogP contribution in [0.15, 0.2) is 12.1 Å². The fourth-order valence-corrected chi connectivity index (χ4v) is 2.35. The van der Waals surface area contributed by atoms with Gasteiger partial charge in [0, 0.05) is 11.6 Å². The normalized spacial score (nSPS) is 18.3. The third-order valence-corrected chi connectivity index (χ3v) is 3.00. The Bertz CT molecular complexity index is 426. The van der Waals surface area contributed by atoms with E-state index in [1.54, 1.807) is 6.92 Å². The van der Waals surface area contributed by atoms with Gasteiger partial charge in [0.15, 0.2) is 5.78 Å². The van der Waals surface area contributed by atoms with Gasteiger partial charge in [-0.3, -0.25) is 4.79 Å². The molecule has 0 aromatic heterocycles. The molecule has 1 aliphatic rings. The zero-order chi connectivity index (χ0) is 11.7. The van der Waals surface area contributed by atoms with Crippen LogP contribution in [-0.2, 0) is 12.8 Å². The number of rotatable bonds is 3. The average molecular weight is 219 g/mol. The van der Waals surface area contributed by atoms with Gasteiger partial charge in [-0.1, -0.05) is 0 Å². The summed E-state index contributed by atoms with van der Waals surface area (Å²) in [5, 5.41) is 0. The van der Waals surface area contributed by atoms with Gasteiger partial charge >= 0.3 is 0 Å². The van der Waals surface area contributed by atoms with Crippen molar-refractivity contribution in [3.05, 3.63) is 28.8 Å². The highest BCUT2D eigenvalue weighted by molar-refractivity contribution is 5.96. The molecule has 86 valence electrons. The molecule has 2 N–H and O–H groups in total. The molecule has 0 amide bonds. The Kier molecular flexibility index (Phi) is 2.97. The van der Waals surface area contributed by atoms with Crippen molar-refractivity contribution in [2.75, 3.05) is 6.61 Å². The molecular formula is C13H17NO2. The molecule has 0 bridgehead atoms. The Morgan fingerprint density at radius 2 is 2.12 bits per heavy atom. The van der Waals surface area contributed by atoms with E-state index >= 15 is 0 Å². The molecular weight excluding hydrogens is 202 g/mol. The maximum atomic E-state index is 11.5. The summed E-state index contributed by atoms with van der Waals surface area (Å²) in [6, 6.07) is 3.86. The number of hydrogen-bond acceptors (Lipinski definition) is 3. The van der Waals surface area contributed by atoms with Crippen molar-refractivity contribution in [1.82, 2.24) is 0 Å². The first kappa shape index (κ1) is 11.1. The third kappa shape index (κ3) is 1.83. The van der Waals surface area contributed by atoms with E-state index in [9.17, 15) is 4.79 Å². The lowest BCUT2D eigenvalue weighted by Gasteiger charge is -2.11. The highest BCUT2D eigenvalue weighted by Gasteiger charge is 2.25. The number of benzene rings is 1. The predicted molar refractivity (Wildman–Crippen MR) is 63.0 cm³/mol.